The van der Waals surface area contributed by atoms with Crippen LogP contribution < -0.4 is 0 Å². The molecule has 1 rings (SSSR count). The van der Waals surface area contributed by atoms with Crippen molar-refractivity contribution in [2.24, 2.45) is 0 Å². The second-order valence-electron chi connectivity index (χ2n) is 4.06. The van der Waals surface area contributed by atoms with Gasteiger partial charge in [-0.15, -0.1) is 0 Å². The summed E-state index contributed by atoms with van der Waals surface area (Å²) in [6.45, 7) is 4.28. The van der Waals surface area contributed by atoms with Crippen LogP contribution >= 0.6 is 0 Å². The first kappa shape index (κ1) is 12.7. The number of nitrogens with one attached hydrogen (secondary N) is 1. The Morgan fingerprint density at radius 1 is 1.69 bits per heavy atom. The molecular formula is C11H19N3O2. The molecule has 1 amide bonds. The van der Waals surface area contributed by atoms with E-state index in [0.29, 0.717) is 13.0 Å². The highest BCUT2D eigenvalue weighted by Gasteiger charge is 2.33. The van der Waals surface area contributed by atoms with Gasteiger partial charge in [0, 0.05) is 32.5 Å². The predicted molar refractivity (Wildman–Crippen MR) is 60.8 cm³/mol. The topological polar surface area (TPSA) is 58.2 Å². The number of nitrogens with zero attached hydrogens (tertiary/aromatic N) is 2. The van der Waals surface area contributed by atoms with Crippen molar-refractivity contribution in [2.75, 3.05) is 14.2 Å². The van der Waals surface area contributed by atoms with Crippen molar-refractivity contribution in [3.63, 3.8) is 0 Å². The molecule has 5 heteroatoms. The normalized spacial score (nSPS) is 14.5. The number of hydrogen-bond acceptors (Lipinski definition) is 3. The van der Waals surface area contributed by atoms with Gasteiger partial charge in [-0.2, -0.15) is 5.10 Å². The lowest BCUT2D eigenvalue weighted by Crippen LogP contribution is -2.46. The molecule has 0 bridgehead atoms. The first-order valence-corrected chi connectivity index (χ1v) is 5.32. The number of ether oxygens (including phenoxy) is 1. The van der Waals surface area contributed by atoms with Crippen LogP contribution in [0.15, 0.2) is 12.4 Å². The van der Waals surface area contributed by atoms with E-state index >= 15 is 0 Å². The van der Waals surface area contributed by atoms with Crippen LogP contribution in [-0.4, -0.2) is 40.8 Å². The molecule has 16 heavy (non-hydrogen) atoms. The summed E-state index contributed by atoms with van der Waals surface area (Å²) >= 11 is 0. The van der Waals surface area contributed by atoms with Crippen LogP contribution in [0.1, 0.15) is 25.8 Å². The van der Waals surface area contributed by atoms with E-state index in [0.717, 1.165) is 5.56 Å². The number of rotatable bonds is 5. The van der Waals surface area contributed by atoms with Crippen LogP contribution in [0.2, 0.25) is 0 Å². The Hall–Kier alpha value is -1.36. The number of hydrogen-bond donors (Lipinski definition) is 1. The third-order valence-corrected chi connectivity index (χ3v) is 2.90. The number of aromatic amines is 1. The molecule has 0 spiro atoms. The maximum absolute atomic E-state index is 12.1. The van der Waals surface area contributed by atoms with Crippen LogP contribution in [0.4, 0.5) is 0 Å². The molecule has 0 radical (unpaired) electrons. The van der Waals surface area contributed by atoms with E-state index in [1.54, 1.807) is 38.4 Å². The molecule has 1 unspecified atom stereocenters. The van der Waals surface area contributed by atoms with Crippen LogP contribution in [0.3, 0.4) is 0 Å². The van der Waals surface area contributed by atoms with Gasteiger partial charge in [0.25, 0.3) is 5.91 Å². The molecule has 0 saturated carbocycles. The summed E-state index contributed by atoms with van der Waals surface area (Å²) in [7, 11) is 3.33. The van der Waals surface area contributed by atoms with Crippen molar-refractivity contribution in [1.82, 2.24) is 15.1 Å². The molecule has 0 aliphatic heterocycles. The Bertz CT molecular complexity index is 331. The molecule has 1 aromatic rings. The molecule has 1 aromatic heterocycles. The first-order chi connectivity index (χ1) is 7.53. The third kappa shape index (κ3) is 2.61. The monoisotopic (exact) mass is 225 g/mol. The number of carbonyl (C=O) groups is 1. The minimum absolute atomic E-state index is 0.0151. The van der Waals surface area contributed by atoms with Gasteiger partial charge >= 0.3 is 0 Å². The Morgan fingerprint density at radius 2 is 2.38 bits per heavy atom. The molecule has 1 N–H and O–H groups in total. The van der Waals surface area contributed by atoms with Crippen molar-refractivity contribution in [3.8, 4) is 0 Å². The van der Waals surface area contributed by atoms with E-state index in [9.17, 15) is 4.79 Å². The summed E-state index contributed by atoms with van der Waals surface area (Å²) in [6, 6.07) is 0. The smallest absolute Gasteiger partial charge is 0.254 e. The van der Waals surface area contributed by atoms with Gasteiger partial charge in [-0.25, -0.2) is 0 Å². The second kappa shape index (κ2) is 5.12. The molecule has 0 aliphatic rings. The van der Waals surface area contributed by atoms with Gasteiger partial charge in [0.1, 0.15) is 5.60 Å². The fraction of sp³-hybridized carbons (Fsp3) is 0.636. The van der Waals surface area contributed by atoms with Crippen LogP contribution in [-0.2, 0) is 16.1 Å². The van der Waals surface area contributed by atoms with Crippen LogP contribution in [0.5, 0.6) is 0 Å². The van der Waals surface area contributed by atoms with Gasteiger partial charge in [0.2, 0.25) is 0 Å². The predicted octanol–water partition coefficient (Wildman–Crippen LogP) is 1.18. The molecular weight excluding hydrogens is 206 g/mol. The number of carbonyl (C=O) groups excluding carboxylic acids is 1. The standard InChI is InChI=1S/C11H19N3O2/c1-5-11(2,16-4)10(15)14(3)8-9-6-12-13-7-9/h6-7H,5,8H2,1-4H3,(H,12,13). The van der Waals surface area contributed by atoms with Crippen molar-refractivity contribution in [2.45, 2.75) is 32.4 Å². The molecule has 90 valence electrons. The third-order valence-electron chi connectivity index (χ3n) is 2.90. The van der Waals surface area contributed by atoms with E-state index in [2.05, 4.69) is 10.2 Å². The van der Waals surface area contributed by atoms with Crippen molar-refractivity contribution >= 4 is 5.91 Å². The summed E-state index contributed by atoms with van der Waals surface area (Å²) < 4.78 is 5.27. The summed E-state index contributed by atoms with van der Waals surface area (Å²) in [4.78, 5) is 13.8. The van der Waals surface area contributed by atoms with Gasteiger partial charge in [0.05, 0.1) is 6.20 Å². The lowest BCUT2D eigenvalue weighted by atomic mass is 10.0. The second-order valence-corrected chi connectivity index (χ2v) is 4.06. The van der Waals surface area contributed by atoms with Gasteiger partial charge < -0.3 is 9.64 Å². The largest absolute Gasteiger partial charge is 0.369 e. The van der Waals surface area contributed by atoms with Crippen LogP contribution in [0.25, 0.3) is 0 Å². The molecule has 5 nitrogen and oxygen atoms in total. The highest BCUT2D eigenvalue weighted by molar-refractivity contribution is 5.84. The average molecular weight is 225 g/mol. The number of methoxy groups -OCH3 is 1. The van der Waals surface area contributed by atoms with Crippen molar-refractivity contribution in [3.05, 3.63) is 18.0 Å². The Morgan fingerprint density at radius 3 is 2.81 bits per heavy atom. The Balaban J connectivity index is 2.67. The zero-order valence-corrected chi connectivity index (χ0v) is 10.3. The van der Waals surface area contributed by atoms with Gasteiger partial charge in [-0.1, -0.05) is 6.92 Å². The minimum atomic E-state index is -0.738. The lowest BCUT2D eigenvalue weighted by Gasteiger charge is -2.30. The van der Waals surface area contributed by atoms with E-state index in [1.807, 2.05) is 6.92 Å². The number of H-pyrrole nitrogens is 1. The molecule has 0 saturated heterocycles. The summed E-state index contributed by atoms with van der Waals surface area (Å²) in [6.07, 6.45) is 4.14. The fourth-order valence-electron chi connectivity index (χ4n) is 1.50. The van der Waals surface area contributed by atoms with E-state index in [-0.39, 0.29) is 5.91 Å². The van der Waals surface area contributed by atoms with E-state index < -0.39 is 5.60 Å². The maximum Gasteiger partial charge on any atom is 0.254 e. The lowest BCUT2D eigenvalue weighted by molar-refractivity contribution is -0.152. The zero-order chi connectivity index (χ0) is 12.2. The van der Waals surface area contributed by atoms with Gasteiger partial charge in [-0.3, -0.25) is 9.89 Å². The highest BCUT2D eigenvalue weighted by atomic mass is 16.5. The summed E-state index contributed by atoms with van der Waals surface area (Å²) in [5.41, 5.74) is 0.240. The summed E-state index contributed by atoms with van der Waals surface area (Å²) in [5, 5.41) is 6.56. The molecule has 0 aromatic carbocycles. The van der Waals surface area contributed by atoms with E-state index in [4.69, 9.17) is 4.74 Å². The van der Waals surface area contributed by atoms with Crippen molar-refractivity contribution in [1.29, 1.82) is 0 Å². The zero-order valence-electron chi connectivity index (χ0n) is 10.3. The number of likely N-dealkylation sites (N-methyl/N-ethyl adjacent to an activating group) is 1. The van der Waals surface area contributed by atoms with E-state index in [1.165, 1.54) is 0 Å². The number of aromatic nitrogens is 2. The average Bonchev–Trinajstić information content (AvgIpc) is 2.79. The maximum atomic E-state index is 12.1. The molecule has 1 heterocycles. The van der Waals surface area contributed by atoms with Crippen LogP contribution in [0, 0.1) is 0 Å². The fourth-order valence-corrected chi connectivity index (χ4v) is 1.50. The van der Waals surface area contributed by atoms with Gasteiger partial charge in [0.15, 0.2) is 0 Å². The molecule has 0 fully saturated rings. The number of amides is 1. The summed E-state index contributed by atoms with van der Waals surface area (Å²) in [5.74, 6) is -0.0151. The SMILES string of the molecule is CCC(C)(OC)C(=O)N(C)Cc1cn[nH]c1. The quantitative estimate of drug-likeness (QED) is 0.818. The molecule has 1 atom stereocenters. The molecule has 0 aliphatic carbocycles. The first-order valence-electron chi connectivity index (χ1n) is 5.32. The highest BCUT2D eigenvalue weighted by Crippen LogP contribution is 2.18. The van der Waals surface area contributed by atoms with Crippen molar-refractivity contribution < 1.29 is 9.53 Å². The Kier molecular flexibility index (Phi) is 4.06. The minimum Gasteiger partial charge on any atom is -0.369 e. The Labute approximate surface area is 95.8 Å². The van der Waals surface area contributed by atoms with Gasteiger partial charge in [-0.05, 0) is 13.3 Å².